The van der Waals surface area contributed by atoms with E-state index in [1.54, 1.807) is 18.3 Å². The van der Waals surface area contributed by atoms with Crippen LogP contribution in [0.3, 0.4) is 0 Å². The van der Waals surface area contributed by atoms with Gasteiger partial charge in [-0.05, 0) is 25.5 Å². The summed E-state index contributed by atoms with van der Waals surface area (Å²) < 4.78 is 14.4. The van der Waals surface area contributed by atoms with E-state index in [0.29, 0.717) is 30.5 Å². The molecule has 0 aliphatic heterocycles. The molecule has 0 bridgehead atoms. The van der Waals surface area contributed by atoms with E-state index in [4.69, 9.17) is 0 Å². The first-order valence-corrected chi connectivity index (χ1v) is 6.49. The summed E-state index contributed by atoms with van der Waals surface area (Å²) in [6.07, 6.45) is 5.72. The molecular formula is C14H20FN3. The van der Waals surface area contributed by atoms with Crippen LogP contribution in [0, 0.1) is 5.82 Å². The van der Waals surface area contributed by atoms with Crippen molar-refractivity contribution in [3.63, 3.8) is 0 Å². The molecule has 1 saturated carbocycles. The predicted octanol–water partition coefficient (Wildman–Crippen LogP) is 2.49. The Balaban J connectivity index is 2.22. The molecule has 3 nitrogen and oxygen atoms in total. The number of rotatable bonds is 7. The van der Waals surface area contributed by atoms with Gasteiger partial charge in [0.2, 0.25) is 0 Å². The molecule has 1 aromatic heterocycles. The van der Waals surface area contributed by atoms with Gasteiger partial charge >= 0.3 is 0 Å². The summed E-state index contributed by atoms with van der Waals surface area (Å²) in [4.78, 5) is 6.21. The molecule has 98 valence electrons. The van der Waals surface area contributed by atoms with Crippen molar-refractivity contribution in [1.82, 2.24) is 10.3 Å². The second kappa shape index (κ2) is 5.96. The first-order valence-electron chi connectivity index (χ1n) is 6.49. The second-order valence-corrected chi connectivity index (χ2v) is 4.56. The zero-order valence-corrected chi connectivity index (χ0v) is 10.8. The molecular weight excluding hydrogens is 229 g/mol. The van der Waals surface area contributed by atoms with Crippen molar-refractivity contribution in [2.24, 2.45) is 0 Å². The summed E-state index contributed by atoms with van der Waals surface area (Å²) in [5.74, 6) is 0.264. The van der Waals surface area contributed by atoms with Gasteiger partial charge in [0.15, 0.2) is 11.6 Å². The van der Waals surface area contributed by atoms with Gasteiger partial charge in [-0.3, -0.25) is 0 Å². The average Bonchev–Trinajstić information content (AvgIpc) is 3.19. The Morgan fingerprint density at radius 1 is 1.61 bits per heavy atom. The van der Waals surface area contributed by atoms with Crippen LogP contribution in [0.1, 0.15) is 25.3 Å². The molecule has 0 radical (unpaired) electrons. The Kier molecular flexibility index (Phi) is 4.31. The molecule has 1 aliphatic rings. The summed E-state index contributed by atoms with van der Waals surface area (Å²) >= 11 is 0. The molecule has 0 saturated heterocycles. The SMILES string of the molecule is C=CCN(c1nccc(CNCC)c1F)C1CC1. The minimum absolute atomic E-state index is 0.202. The number of hydrogen-bond donors (Lipinski definition) is 1. The van der Waals surface area contributed by atoms with E-state index < -0.39 is 0 Å². The molecule has 1 aromatic rings. The van der Waals surface area contributed by atoms with Gasteiger partial charge in [0.25, 0.3) is 0 Å². The van der Waals surface area contributed by atoms with Gasteiger partial charge in [-0.1, -0.05) is 13.0 Å². The number of halogens is 1. The van der Waals surface area contributed by atoms with Crippen molar-refractivity contribution in [2.45, 2.75) is 32.4 Å². The van der Waals surface area contributed by atoms with Crippen LogP contribution in [-0.2, 0) is 6.54 Å². The Labute approximate surface area is 108 Å². The van der Waals surface area contributed by atoms with Gasteiger partial charge in [0.1, 0.15) is 0 Å². The number of hydrogen-bond acceptors (Lipinski definition) is 3. The molecule has 1 aliphatic carbocycles. The van der Waals surface area contributed by atoms with Gasteiger partial charge in [0.05, 0.1) is 0 Å². The fourth-order valence-corrected chi connectivity index (χ4v) is 2.00. The molecule has 1 N–H and O–H groups in total. The van der Waals surface area contributed by atoms with Crippen LogP contribution in [0.5, 0.6) is 0 Å². The van der Waals surface area contributed by atoms with Crippen LogP contribution in [0.4, 0.5) is 10.2 Å². The largest absolute Gasteiger partial charge is 0.347 e. The molecule has 4 heteroatoms. The molecule has 2 rings (SSSR count). The molecule has 1 fully saturated rings. The summed E-state index contributed by atoms with van der Waals surface area (Å²) in [6.45, 7) is 7.77. The maximum absolute atomic E-state index is 14.4. The topological polar surface area (TPSA) is 28.2 Å². The highest BCUT2D eigenvalue weighted by Crippen LogP contribution is 2.32. The number of nitrogens with zero attached hydrogens (tertiary/aromatic N) is 2. The third-order valence-corrected chi connectivity index (χ3v) is 3.10. The van der Waals surface area contributed by atoms with Crippen LogP contribution >= 0.6 is 0 Å². The maximum atomic E-state index is 14.4. The molecule has 0 unspecified atom stereocenters. The van der Waals surface area contributed by atoms with Crippen LogP contribution in [-0.4, -0.2) is 24.1 Å². The van der Waals surface area contributed by atoms with E-state index >= 15 is 0 Å². The van der Waals surface area contributed by atoms with Crippen LogP contribution < -0.4 is 10.2 Å². The van der Waals surface area contributed by atoms with Gasteiger partial charge in [-0.2, -0.15) is 0 Å². The predicted molar refractivity (Wildman–Crippen MR) is 72.1 cm³/mol. The average molecular weight is 249 g/mol. The Morgan fingerprint density at radius 3 is 3.00 bits per heavy atom. The summed E-state index contributed by atoms with van der Waals surface area (Å²) in [5.41, 5.74) is 0.677. The summed E-state index contributed by atoms with van der Waals surface area (Å²) in [6, 6.07) is 2.17. The van der Waals surface area contributed by atoms with Gasteiger partial charge in [-0.25, -0.2) is 9.37 Å². The van der Waals surface area contributed by atoms with Crippen LogP contribution in [0.2, 0.25) is 0 Å². The monoisotopic (exact) mass is 249 g/mol. The highest BCUT2D eigenvalue weighted by Gasteiger charge is 2.31. The third-order valence-electron chi connectivity index (χ3n) is 3.10. The number of nitrogens with one attached hydrogen (secondary N) is 1. The minimum atomic E-state index is -0.202. The van der Waals surface area contributed by atoms with E-state index in [2.05, 4.69) is 16.9 Å². The highest BCUT2D eigenvalue weighted by molar-refractivity contribution is 5.46. The highest BCUT2D eigenvalue weighted by atomic mass is 19.1. The first-order chi connectivity index (χ1) is 8.77. The lowest BCUT2D eigenvalue weighted by Gasteiger charge is -2.23. The van der Waals surface area contributed by atoms with Crippen LogP contribution in [0.25, 0.3) is 0 Å². The minimum Gasteiger partial charge on any atom is -0.347 e. The Bertz CT molecular complexity index is 416. The van der Waals surface area contributed by atoms with E-state index in [0.717, 1.165) is 19.4 Å². The zero-order valence-electron chi connectivity index (χ0n) is 10.8. The maximum Gasteiger partial charge on any atom is 0.170 e. The number of anilines is 1. The van der Waals surface area contributed by atoms with Crippen molar-refractivity contribution < 1.29 is 4.39 Å². The first kappa shape index (κ1) is 13.0. The molecule has 0 amide bonds. The third kappa shape index (κ3) is 2.88. The van der Waals surface area contributed by atoms with Gasteiger partial charge < -0.3 is 10.2 Å². The lowest BCUT2D eigenvalue weighted by Crippen LogP contribution is -2.28. The Hall–Kier alpha value is -1.42. The van der Waals surface area contributed by atoms with E-state index in [1.165, 1.54) is 0 Å². The number of pyridine rings is 1. The molecule has 0 spiro atoms. The molecule has 1 heterocycles. The molecule has 18 heavy (non-hydrogen) atoms. The van der Waals surface area contributed by atoms with Crippen molar-refractivity contribution >= 4 is 5.82 Å². The summed E-state index contributed by atoms with van der Waals surface area (Å²) in [7, 11) is 0. The summed E-state index contributed by atoms with van der Waals surface area (Å²) in [5, 5.41) is 3.14. The Morgan fingerprint density at radius 2 is 2.39 bits per heavy atom. The molecule has 0 atom stereocenters. The standard InChI is InChI=1S/C14H20FN3/c1-3-9-18(12-5-6-12)14-13(15)11(7-8-17-14)10-16-4-2/h3,7-8,12,16H,1,4-6,9-10H2,2H3. The van der Waals surface area contributed by atoms with E-state index in [9.17, 15) is 4.39 Å². The fourth-order valence-electron chi connectivity index (χ4n) is 2.00. The number of aromatic nitrogens is 1. The van der Waals surface area contributed by atoms with Crippen molar-refractivity contribution in [2.75, 3.05) is 18.0 Å². The van der Waals surface area contributed by atoms with Crippen LogP contribution in [0.15, 0.2) is 24.9 Å². The van der Waals surface area contributed by atoms with Crippen molar-refractivity contribution in [3.05, 3.63) is 36.3 Å². The second-order valence-electron chi connectivity index (χ2n) is 4.56. The lowest BCUT2D eigenvalue weighted by atomic mass is 10.2. The fraction of sp³-hybridized carbons (Fsp3) is 0.500. The van der Waals surface area contributed by atoms with Gasteiger partial charge in [0, 0.05) is 30.9 Å². The molecule has 0 aromatic carbocycles. The zero-order chi connectivity index (χ0) is 13.0. The van der Waals surface area contributed by atoms with Crippen molar-refractivity contribution in [3.8, 4) is 0 Å². The normalized spacial score (nSPS) is 14.6. The van der Waals surface area contributed by atoms with Gasteiger partial charge in [-0.15, -0.1) is 6.58 Å². The van der Waals surface area contributed by atoms with E-state index in [1.807, 2.05) is 11.8 Å². The quantitative estimate of drug-likeness (QED) is 0.752. The van der Waals surface area contributed by atoms with E-state index in [-0.39, 0.29) is 5.82 Å². The van der Waals surface area contributed by atoms with Crippen molar-refractivity contribution in [1.29, 1.82) is 0 Å². The lowest BCUT2D eigenvalue weighted by molar-refractivity contribution is 0.580. The smallest absolute Gasteiger partial charge is 0.170 e.